The Morgan fingerprint density at radius 1 is 0.277 bits per heavy atom. The fourth-order valence-corrected chi connectivity index (χ4v) is 13.9. The van der Waals surface area contributed by atoms with Gasteiger partial charge in [0.15, 0.2) is 0 Å². The Labute approximate surface area is 572 Å². The first-order valence-corrected chi connectivity index (χ1v) is 33.5. The van der Waals surface area contributed by atoms with Gasteiger partial charge in [-0.2, -0.15) is 0 Å². The molecule has 94 heavy (non-hydrogen) atoms. The molecule has 2 aliphatic rings. The van der Waals surface area contributed by atoms with E-state index < -0.39 is 24.2 Å². The van der Waals surface area contributed by atoms with Crippen LogP contribution >= 0.6 is 0 Å². The monoisotopic (exact) mass is 1230 g/mol. The Bertz CT molecular complexity index is 5260. The van der Waals surface area contributed by atoms with Crippen molar-refractivity contribution in [3.05, 3.63) is 264 Å². The Morgan fingerprint density at radius 3 is 0.979 bits per heavy atom. The summed E-state index contributed by atoms with van der Waals surface area (Å²) in [6, 6.07) is 64.4. The number of anilines is 6. The second kappa shape index (κ2) is 22.3. The van der Waals surface area contributed by atoms with Gasteiger partial charge in [0, 0.05) is 50.6 Å². The lowest BCUT2D eigenvalue weighted by Gasteiger charge is -2.44. The zero-order chi connectivity index (χ0) is 73.3. The van der Waals surface area contributed by atoms with Gasteiger partial charge >= 0.3 is 0 Å². The van der Waals surface area contributed by atoms with Crippen LogP contribution in [0.2, 0.25) is 0 Å². The lowest BCUT2D eigenvalue weighted by molar-refractivity contribution is 0.568. The molecule has 4 heteroatoms. The second-order valence-corrected chi connectivity index (χ2v) is 32.7. The molecule has 0 N–H and O–H groups in total. The highest BCUT2D eigenvalue weighted by Crippen LogP contribution is 2.49. The van der Waals surface area contributed by atoms with Crippen molar-refractivity contribution in [2.45, 2.75) is 157 Å². The van der Waals surface area contributed by atoms with Crippen LogP contribution in [-0.4, -0.2) is 11.3 Å². The third-order valence-corrected chi connectivity index (χ3v) is 19.7. The molecule has 2 aliphatic heterocycles. The van der Waals surface area contributed by atoms with Gasteiger partial charge in [-0.05, 0) is 193 Å². The number of hydrogen-bond acceptors (Lipinski definition) is 2. The van der Waals surface area contributed by atoms with Gasteiger partial charge in [-0.15, -0.1) is 0 Å². The molecule has 11 aromatic carbocycles. The average molecular weight is 1230 g/mol. The third kappa shape index (κ3) is 11.2. The first-order chi connectivity index (χ1) is 47.7. The molecule has 0 amide bonds. The molecular weight excluding hydrogens is 1130 g/mol. The molecule has 0 aliphatic carbocycles. The SMILES string of the molecule is [2H]c1c([2H])c([2H])c2c(c1[2H])c1c([2H])c([2H])c([2H])c([2H])c1n2-c1ccc2c(c1)N(c1ccc(-c3cc(C(C)(C)C)cc(C(C)(C)C)c3)cc1)c1cc(-c3ccccc3)cc3c1B2c1ccc(-c2cc(C(C)(C)C)cc(C(C)(C)C)c2)cc1N3c1ccc(-c2cc(C(C)(C)C)cc(C(C)(C)C)c2)cc1. The minimum absolute atomic E-state index is 0.0293. The van der Waals surface area contributed by atoms with E-state index in [1.54, 1.807) is 4.57 Å². The van der Waals surface area contributed by atoms with Gasteiger partial charge in [-0.1, -0.05) is 288 Å². The topological polar surface area (TPSA) is 11.4 Å². The number of aromatic nitrogens is 1. The van der Waals surface area contributed by atoms with Gasteiger partial charge in [0.2, 0.25) is 0 Å². The molecule has 12 aromatic rings. The molecule has 0 unspecified atom stereocenters. The van der Waals surface area contributed by atoms with Crippen molar-refractivity contribution in [2.75, 3.05) is 9.80 Å². The largest absolute Gasteiger partial charge is 0.311 e. The van der Waals surface area contributed by atoms with Crippen LogP contribution in [0.5, 0.6) is 0 Å². The van der Waals surface area contributed by atoms with Crippen LogP contribution < -0.4 is 26.2 Å². The molecule has 0 atom stereocenters. The van der Waals surface area contributed by atoms with E-state index in [0.29, 0.717) is 5.69 Å². The summed E-state index contributed by atoms with van der Waals surface area (Å²) in [6.45, 7) is 40.7. The second-order valence-electron chi connectivity index (χ2n) is 32.7. The molecule has 0 saturated heterocycles. The summed E-state index contributed by atoms with van der Waals surface area (Å²) in [4.78, 5) is 4.83. The number of hydrogen-bond donors (Lipinski definition) is 0. The van der Waals surface area contributed by atoms with Crippen LogP contribution in [0, 0.1) is 0 Å². The van der Waals surface area contributed by atoms with Gasteiger partial charge in [0.1, 0.15) is 0 Å². The van der Waals surface area contributed by atoms with E-state index in [4.69, 9.17) is 5.48 Å². The van der Waals surface area contributed by atoms with E-state index in [9.17, 15) is 5.48 Å². The number of rotatable bonds is 7. The van der Waals surface area contributed by atoms with Crippen LogP contribution in [0.15, 0.2) is 230 Å². The highest BCUT2D eigenvalue weighted by molar-refractivity contribution is 7.00. The van der Waals surface area contributed by atoms with Crippen molar-refractivity contribution >= 4 is 79.0 Å². The lowest BCUT2D eigenvalue weighted by Crippen LogP contribution is -2.61. The predicted octanol–water partition coefficient (Wildman–Crippen LogP) is 23.3. The summed E-state index contributed by atoms with van der Waals surface area (Å²) in [7, 11) is 0. The van der Waals surface area contributed by atoms with Gasteiger partial charge < -0.3 is 14.4 Å². The van der Waals surface area contributed by atoms with Gasteiger partial charge in [0.25, 0.3) is 6.71 Å². The van der Waals surface area contributed by atoms with E-state index >= 15 is 0 Å². The van der Waals surface area contributed by atoms with Crippen molar-refractivity contribution in [3.8, 4) is 50.2 Å². The Morgan fingerprint density at radius 2 is 0.585 bits per heavy atom. The maximum absolute atomic E-state index is 9.65. The van der Waals surface area contributed by atoms with E-state index in [1.807, 2.05) is 6.07 Å². The maximum Gasteiger partial charge on any atom is 0.252 e. The van der Waals surface area contributed by atoms with Crippen LogP contribution in [-0.2, 0) is 32.5 Å². The van der Waals surface area contributed by atoms with Gasteiger partial charge in [-0.25, -0.2) is 0 Å². The number of nitrogens with zero attached hydrogens (tertiary/aromatic N) is 3. The molecular formula is C90H92BN3. The molecule has 1 aromatic heterocycles. The molecule has 3 heterocycles. The smallest absolute Gasteiger partial charge is 0.252 e. The van der Waals surface area contributed by atoms with E-state index in [0.717, 1.165) is 89.5 Å². The van der Waals surface area contributed by atoms with Crippen molar-refractivity contribution in [1.82, 2.24) is 4.57 Å². The fraction of sp³-hybridized carbons (Fsp3) is 0.267. The van der Waals surface area contributed by atoms with Crippen molar-refractivity contribution in [3.63, 3.8) is 0 Å². The zero-order valence-electron chi connectivity index (χ0n) is 66.2. The number of benzene rings is 11. The van der Waals surface area contributed by atoms with E-state index in [-0.39, 0.29) is 85.2 Å². The number of para-hydroxylation sites is 2. The summed E-state index contributed by atoms with van der Waals surface area (Å²) in [5.74, 6) is 0. The van der Waals surface area contributed by atoms with Crippen LogP contribution in [0.4, 0.5) is 34.1 Å². The Kier molecular flexibility index (Phi) is 12.6. The van der Waals surface area contributed by atoms with Crippen molar-refractivity contribution in [2.24, 2.45) is 0 Å². The summed E-state index contributed by atoms with van der Waals surface area (Å²) < 4.78 is 75.9. The average Bonchev–Trinajstić information content (AvgIpc) is 0.986. The molecule has 0 radical (unpaired) electrons. The predicted molar refractivity (Wildman–Crippen MR) is 409 cm³/mol. The summed E-state index contributed by atoms with van der Waals surface area (Å²) >= 11 is 0. The van der Waals surface area contributed by atoms with E-state index in [2.05, 4.69) is 310 Å². The normalized spacial score (nSPS) is 14.8. The van der Waals surface area contributed by atoms with Gasteiger partial charge in [-0.3, -0.25) is 0 Å². The maximum atomic E-state index is 9.65. The Hall–Kier alpha value is -9.12. The Balaban J connectivity index is 1.09. The minimum Gasteiger partial charge on any atom is -0.311 e. The minimum atomic E-state index is -0.485. The summed E-state index contributed by atoms with van der Waals surface area (Å²) in [6.07, 6.45) is 0. The van der Waals surface area contributed by atoms with Crippen LogP contribution in [0.25, 0.3) is 72.0 Å². The third-order valence-electron chi connectivity index (χ3n) is 19.7. The molecule has 0 fully saturated rings. The lowest BCUT2D eigenvalue weighted by atomic mass is 9.33. The molecule has 0 bridgehead atoms. The standard InChI is InChI=1S/C90H92BN3/c1-85(2,3)65-44-61(45-66(53-65)86(4,5)6)58-32-37-71(38-33-58)92-80-50-60(63-48-69(89(13,14)15)55-70(49-63)90(16,17)18)36-42-76(80)91-77-43-41-73(94-78-30-24-22-28-74(78)75-29-23-25-31-79(75)94)56-81(77)93(83-52-64(51-82(92)84(83)91)57-26-20-19-21-27-57)72-39-34-59(35-40-72)62-46-67(87(7,8)9)54-68(47-62)88(10,11)12/h19-56H,1-18H3/i22D,23D,24D,25D,28D,29D,30D,31D. The van der Waals surface area contributed by atoms with Crippen LogP contribution in [0.1, 0.15) is 169 Å². The first-order valence-electron chi connectivity index (χ1n) is 37.5. The van der Waals surface area contributed by atoms with Gasteiger partial charge in [0.05, 0.1) is 22.0 Å². The zero-order valence-corrected chi connectivity index (χ0v) is 58.2. The summed E-state index contributed by atoms with van der Waals surface area (Å²) in [5.41, 5.74) is 25.1. The molecule has 3 nitrogen and oxygen atoms in total. The fourth-order valence-electron chi connectivity index (χ4n) is 13.9. The van der Waals surface area contributed by atoms with Crippen LogP contribution in [0.3, 0.4) is 0 Å². The first kappa shape index (κ1) is 53.3. The van der Waals surface area contributed by atoms with E-state index in [1.165, 1.54) is 38.9 Å². The highest BCUT2D eigenvalue weighted by atomic mass is 15.2. The van der Waals surface area contributed by atoms with Crippen molar-refractivity contribution < 1.29 is 11.0 Å². The molecule has 470 valence electrons. The molecule has 14 rings (SSSR count). The molecule has 0 saturated carbocycles. The van der Waals surface area contributed by atoms with Crippen molar-refractivity contribution in [1.29, 1.82) is 0 Å². The highest BCUT2D eigenvalue weighted by Gasteiger charge is 2.44. The molecule has 0 spiro atoms. The quantitative estimate of drug-likeness (QED) is 0.147. The number of fused-ring (bicyclic) bond motifs is 7. The summed E-state index contributed by atoms with van der Waals surface area (Å²) in [5, 5.41) is 0.0587.